The normalized spacial score (nSPS) is 11.5. The number of rotatable bonds is 4. The second-order valence-corrected chi connectivity index (χ2v) is 6.87. The molecular formula is C22H26N2O4. The fourth-order valence-corrected chi connectivity index (χ4v) is 2.31. The summed E-state index contributed by atoms with van der Waals surface area (Å²) in [5.74, 6) is -1.53. The zero-order valence-electron chi connectivity index (χ0n) is 16.5. The van der Waals surface area contributed by atoms with Crippen molar-refractivity contribution < 1.29 is 19.8 Å². The lowest BCUT2D eigenvalue weighted by atomic mass is 9.94. The molecule has 0 aromatic heterocycles. The van der Waals surface area contributed by atoms with Crippen LogP contribution in [0.4, 0.5) is 5.69 Å². The van der Waals surface area contributed by atoms with E-state index in [2.05, 4.69) is 73.5 Å². The third kappa shape index (κ3) is 7.86. The standard InChI is InChI=1S/C18H22N2.C4H4O4/c1-18(2,3)17(19-4)20-16-13-9-8-12-15(16)14-10-6-5-7-11-14;5-3(6)1-2-4(7)8/h5-13H,1-4H3,(H,19,20);1-2H,(H,5,6)(H,7,8)/b;2-1+. The summed E-state index contributed by atoms with van der Waals surface area (Å²) in [7, 11) is 1.83. The molecule has 0 saturated heterocycles. The number of benzene rings is 2. The van der Waals surface area contributed by atoms with Gasteiger partial charge in [-0.25, -0.2) is 9.59 Å². The molecule has 2 aromatic rings. The number of nitrogens with one attached hydrogen (secondary N) is 1. The summed E-state index contributed by atoms with van der Waals surface area (Å²) in [5.41, 5.74) is 3.49. The summed E-state index contributed by atoms with van der Waals surface area (Å²) in [6.07, 6.45) is 1.12. The summed E-state index contributed by atoms with van der Waals surface area (Å²) in [6.45, 7) is 6.48. The van der Waals surface area contributed by atoms with Crippen molar-refractivity contribution in [3.63, 3.8) is 0 Å². The molecule has 2 aromatic carbocycles. The third-order valence-corrected chi connectivity index (χ3v) is 3.57. The predicted octanol–water partition coefficient (Wildman–Crippen LogP) is 4.55. The first kappa shape index (κ1) is 22.6. The van der Waals surface area contributed by atoms with Gasteiger partial charge in [0.2, 0.25) is 0 Å². The van der Waals surface area contributed by atoms with Crippen molar-refractivity contribution in [3.05, 3.63) is 66.7 Å². The van der Waals surface area contributed by atoms with E-state index in [9.17, 15) is 9.59 Å². The molecule has 2 rings (SSSR count). The highest BCUT2D eigenvalue weighted by molar-refractivity contribution is 6.01. The third-order valence-electron chi connectivity index (χ3n) is 3.57. The molecule has 6 heteroatoms. The van der Waals surface area contributed by atoms with Crippen LogP contribution in [0.5, 0.6) is 0 Å². The Labute approximate surface area is 165 Å². The molecule has 0 saturated carbocycles. The lowest BCUT2D eigenvalue weighted by molar-refractivity contribution is -0.134. The number of carbonyl (C=O) groups is 2. The number of aliphatic imine (C=N–C) groups is 1. The highest BCUT2D eigenvalue weighted by Gasteiger charge is 2.19. The molecule has 0 spiro atoms. The highest BCUT2D eigenvalue weighted by Crippen LogP contribution is 2.29. The maximum Gasteiger partial charge on any atom is 0.328 e. The number of nitrogens with zero attached hydrogens (tertiary/aromatic N) is 1. The molecule has 0 aliphatic carbocycles. The van der Waals surface area contributed by atoms with E-state index in [-0.39, 0.29) is 5.41 Å². The number of carboxylic acid groups (broad SMARTS) is 2. The number of hydrogen-bond donors (Lipinski definition) is 3. The summed E-state index contributed by atoms with van der Waals surface area (Å²) >= 11 is 0. The van der Waals surface area contributed by atoms with Crippen molar-refractivity contribution in [2.24, 2.45) is 10.4 Å². The van der Waals surface area contributed by atoms with Crippen LogP contribution in [0.3, 0.4) is 0 Å². The van der Waals surface area contributed by atoms with E-state index in [1.54, 1.807) is 0 Å². The van der Waals surface area contributed by atoms with Crippen LogP contribution < -0.4 is 5.32 Å². The molecule has 6 nitrogen and oxygen atoms in total. The van der Waals surface area contributed by atoms with Gasteiger partial charge in [-0.15, -0.1) is 0 Å². The van der Waals surface area contributed by atoms with Crippen LogP contribution in [0.25, 0.3) is 11.1 Å². The average Bonchev–Trinajstić information content (AvgIpc) is 2.65. The van der Waals surface area contributed by atoms with Crippen molar-refractivity contribution in [1.82, 2.24) is 0 Å². The van der Waals surface area contributed by atoms with Gasteiger partial charge in [-0.1, -0.05) is 69.3 Å². The van der Waals surface area contributed by atoms with Crippen molar-refractivity contribution in [2.75, 3.05) is 12.4 Å². The Morgan fingerprint density at radius 1 is 0.893 bits per heavy atom. The van der Waals surface area contributed by atoms with Gasteiger partial charge in [-0.05, 0) is 11.6 Å². The molecule has 0 aliphatic rings. The maximum atomic E-state index is 9.55. The summed E-state index contributed by atoms with van der Waals surface area (Å²) in [6, 6.07) is 18.7. The first-order valence-corrected chi connectivity index (χ1v) is 8.67. The van der Waals surface area contributed by atoms with Gasteiger partial charge in [0, 0.05) is 35.9 Å². The van der Waals surface area contributed by atoms with Gasteiger partial charge in [0.1, 0.15) is 5.84 Å². The van der Waals surface area contributed by atoms with Crippen LogP contribution in [0, 0.1) is 5.41 Å². The first-order chi connectivity index (χ1) is 13.1. The quantitative estimate of drug-likeness (QED) is 0.409. The second-order valence-electron chi connectivity index (χ2n) is 6.87. The van der Waals surface area contributed by atoms with Gasteiger partial charge in [0.15, 0.2) is 0 Å². The summed E-state index contributed by atoms with van der Waals surface area (Å²) in [4.78, 5) is 23.5. The molecule has 28 heavy (non-hydrogen) atoms. The molecule has 0 bridgehead atoms. The minimum absolute atomic E-state index is 0.00144. The van der Waals surface area contributed by atoms with Crippen molar-refractivity contribution in [2.45, 2.75) is 20.8 Å². The molecule has 0 fully saturated rings. The zero-order valence-corrected chi connectivity index (χ0v) is 16.5. The minimum atomic E-state index is -1.26. The van der Waals surface area contributed by atoms with E-state index in [0.717, 1.165) is 11.5 Å². The van der Waals surface area contributed by atoms with Crippen LogP contribution in [0.2, 0.25) is 0 Å². The van der Waals surface area contributed by atoms with E-state index < -0.39 is 11.9 Å². The molecule has 148 valence electrons. The van der Waals surface area contributed by atoms with Gasteiger partial charge in [0.05, 0.1) is 0 Å². The molecule has 0 aliphatic heterocycles. The van der Waals surface area contributed by atoms with E-state index >= 15 is 0 Å². The molecular weight excluding hydrogens is 356 g/mol. The Kier molecular flexibility index (Phi) is 8.62. The Morgan fingerprint density at radius 2 is 1.39 bits per heavy atom. The smallest absolute Gasteiger partial charge is 0.328 e. The van der Waals surface area contributed by atoms with Crippen LogP contribution in [-0.2, 0) is 9.59 Å². The molecule has 0 heterocycles. The number of para-hydroxylation sites is 1. The van der Waals surface area contributed by atoms with E-state index in [4.69, 9.17) is 10.2 Å². The van der Waals surface area contributed by atoms with Crippen LogP contribution in [0.15, 0.2) is 71.7 Å². The first-order valence-electron chi connectivity index (χ1n) is 8.67. The highest BCUT2D eigenvalue weighted by atomic mass is 16.4. The largest absolute Gasteiger partial charge is 0.478 e. The van der Waals surface area contributed by atoms with E-state index in [1.807, 2.05) is 19.2 Å². The van der Waals surface area contributed by atoms with E-state index in [1.165, 1.54) is 11.1 Å². The SMILES string of the molecule is C/N=C(/Nc1ccccc1-c1ccccc1)C(C)(C)C.O=C(O)/C=C/C(=O)O. The number of carboxylic acids is 2. The van der Waals surface area contributed by atoms with Gasteiger partial charge in [-0.3, -0.25) is 4.99 Å². The molecule has 0 amide bonds. The fraction of sp³-hybridized carbons (Fsp3) is 0.227. The number of anilines is 1. The van der Waals surface area contributed by atoms with Crippen molar-refractivity contribution in [1.29, 1.82) is 0 Å². The number of aliphatic carboxylic acids is 2. The van der Waals surface area contributed by atoms with Gasteiger partial charge in [-0.2, -0.15) is 0 Å². The number of amidine groups is 1. The Hall–Kier alpha value is -3.41. The van der Waals surface area contributed by atoms with Crippen LogP contribution >= 0.6 is 0 Å². The lowest BCUT2D eigenvalue weighted by Gasteiger charge is -2.24. The maximum absolute atomic E-state index is 9.55. The Bertz CT molecular complexity index is 834. The Balaban J connectivity index is 0.000000416. The van der Waals surface area contributed by atoms with Gasteiger partial charge in [0.25, 0.3) is 0 Å². The van der Waals surface area contributed by atoms with Gasteiger partial charge < -0.3 is 15.5 Å². The summed E-state index contributed by atoms with van der Waals surface area (Å²) in [5, 5.41) is 19.1. The van der Waals surface area contributed by atoms with Gasteiger partial charge >= 0.3 is 11.9 Å². The monoisotopic (exact) mass is 382 g/mol. The summed E-state index contributed by atoms with van der Waals surface area (Å²) < 4.78 is 0. The molecule has 0 atom stereocenters. The molecule has 0 radical (unpaired) electrons. The van der Waals surface area contributed by atoms with Crippen molar-refractivity contribution in [3.8, 4) is 11.1 Å². The van der Waals surface area contributed by atoms with Crippen LogP contribution in [0.1, 0.15) is 20.8 Å². The minimum Gasteiger partial charge on any atom is -0.478 e. The second kappa shape index (κ2) is 10.7. The zero-order chi connectivity index (χ0) is 21.2. The topological polar surface area (TPSA) is 99.0 Å². The molecule has 3 N–H and O–H groups in total. The lowest BCUT2D eigenvalue weighted by Crippen LogP contribution is -2.28. The fourth-order valence-electron chi connectivity index (χ4n) is 2.31. The van der Waals surface area contributed by atoms with Crippen molar-refractivity contribution >= 4 is 23.5 Å². The predicted molar refractivity (Wildman–Crippen MR) is 113 cm³/mol. The van der Waals surface area contributed by atoms with E-state index in [0.29, 0.717) is 12.2 Å². The average molecular weight is 382 g/mol. The molecule has 0 unspecified atom stereocenters. The number of hydrogen-bond acceptors (Lipinski definition) is 3. The Morgan fingerprint density at radius 3 is 1.86 bits per heavy atom. The van der Waals surface area contributed by atoms with Crippen LogP contribution in [-0.4, -0.2) is 35.0 Å².